The van der Waals surface area contributed by atoms with Gasteiger partial charge in [-0.05, 0) is 60.4 Å². The molecule has 1 heteroatoms. The summed E-state index contributed by atoms with van der Waals surface area (Å²) in [7, 11) is 2.11. The van der Waals surface area contributed by atoms with Crippen LogP contribution in [0.3, 0.4) is 0 Å². The van der Waals surface area contributed by atoms with Crippen molar-refractivity contribution in [3.63, 3.8) is 0 Å². The number of nitrogens with zero attached hydrogens (tertiary/aromatic N) is 1. The van der Waals surface area contributed by atoms with Gasteiger partial charge in [0.1, 0.15) is 0 Å². The molecular formula is C27H25N. The number of aryl methyl sites for hydroxylation is 2. The second kappa shape index (κ2) is 7.74. The van der Waals surface area contributed by atoms with Gasteiger partial charge in [-0.25, -0.2) is 0 Å². The summed E-state index contributed by atoms with van der Waals surface area (Å²) in [4.78, 5) is 2.22. The van der Waals surface area contributed by atoms with Crippen molar-refractivity contribution in [3.05, 3.63) is 108 Å². The standard InChI is InChI=1S/C27H25N/c1-20-4-8-22(9-5-20)24-12-16-26(17-13-24)28(3)27-18-14-25(15-19-27)23-10-6-21(2)7-11-23/h4-19H,1-3H3. The summed E-state index contributed by atoms with van der Waals surface area (Å²) in [6.07, 6.45) is 0. The first-order chi connectivity index (χ1) is 13.6. The van der Waals surface area contributed by atoms with Crippen LogP contribution in [0.1, 0.15) is 11.1 Å². The second-order valence-electron chi connectivity index (χ2n) is 7.38. The second-order valence-corrected chi connectivity index (χ2v) is 7.38. The molecule has 28 heavy (non-hydrogen) atoms. The average Bonchev–Trinajstić information content (AvgIpc) is 2.75. The van der Waals surface area contributed by atoms with E-state index in [1.54, 1.807) is 0 Å². The number of hydrogen-bond donors (Lipinski definition) is 0. The maximum absolute atomic E-state index is 2.22. The number of hydrogen-bond acceptors (Lipinski definition) is 1. The third-order valence-corrected chi connectivity index (χ3v) is 5.28. The van der Waals surface area contributed by atoms with Crippen LogP contribution in [-0.2, 0) is 0 Å². The highest BCUT2D eigenvalue weighted by Crippen LogP contribution is 2.29. The Balaban J connectivity index is 1.53. The van der Waals surface area contributed by atoms with Crippen LogP contribution in [0.15, 0.2) is 97.1 Å². The fourth-order valence-corrected chi connectivity index (χ4v) is 3.40. The molecule has 0 atom stereocenters. The molecule has 0 bridgehead atoms. The third kappa shape index (κ3) is 3.84. The lowest BCUT2D eigenvalue weighted by molar-refractivity contribution is 1.21. The van der Waals surface area contributed by atoms with E-state index in [9.17, 15) is 0 Å². The topological polar surface area (TPSA) is 3.24 Å². The molecule has 138 valence electrons. The summed E-state index contributed by atoms with van der Waals surface area (Å²) in [5.74, 6) is 0. The Labute approximate surface area is 167 Å². The van der Waals surface area contributed by atoms with E-state index < -0.39 is 0 Å². The van der Waals surface area contributed by atoms with Gasteiger partial charge in [0.25, 0.3) is 0 Å². The highest BCUT2D eigenvalue weighted by atomic mass is 15.1. The van der Waals surface area contributed by atoms with E-state index in [0.717, 1.165) is 0 Å². The maximum atomic E-state index is 2.22. The van der Waals surface area contributed by atoms with Gasteiger partial charge in [0, 0.05) is 18.4 Å². The molecule has 0 saturated carbocycles. The van der Waals surface area contributed by atoms with Crippen molar-refractivity contribution in [1.82, 2.24) is 0 Å². The Morgan fingerprint density at radius 1 is 0.393 bits per heavy atom. The van der Waals surface area contributed by atoms with E-state index in [2.05, 4.69) is 123 Å². The van der Waals surface area contributed by atoms with Crippen LogP contribution in [-0.4, -0.2) is 7.05 Å². The summed E-state index contributed by atoms with van der Waals surface area (Å²) in [5.41, 5.74) is 9.92. The third-order valence-electron chi connectivity index (χ3n) is 5.28. The van der Waals surface area contributed by atoms with Crippen molar-refractivity contribution in [2.45, 2.75) is 13.8 Å². The summed E-state index contributed by atoms with van der Waals surface area (Å²) in [5, 5.41) is 0. The molecule has 0 amide bonds. The Morgan fingerprint density at radius 3 is 0.929 bits per heavy atom. The smallest absolute Gasteiger partial charge is 0.0408 e. The quantitative estimate of drug-likeness (QED) is 0.365. The summed E-state index contributed by atoms with van der Waals surface area (Å²) in [6.45, 7) is 4.23. The zero-order chi connectivity index (χ0) is 19.5. The van der Waals surface area contributed by atoms with Gasteiger partial charge in [-0.15, -0.1) is 0 Å². The van der Waals surface area contributed by atoms with Gasteiger partial charge in [0.05, 0.1) is 0 Å². The van der Waals surface area contributed by atoms with E-state index in [-0.39, 0.29) is 0 Å². The molecule has 4 aromatic rings. The molecule has 4 rings (SSSR count). The lowest BCUT2D eigenvalue weighted by Gasteiger charge is -2.20. The lowest BCUT2D eigenvalue weighted by atomic mass is 10.0. The molecule has 0 aliphatic rings. The minimum atomic E-state index is 1.18. The van der Waals surface area contributed by atoms with Gasteiger partial charge < -0.3 is 4.90 Å². The van der Waals surface area contributed by atoms with E-state index in [4.69, 9.17) is 0 Å². The van der Waals surface area contributed by atoms with Gasteiger partial charge in [0.15, 0.2) is 0 Å². The van der Waals surface area contributed by atoms with Crippen molar-refractivity contribution in [2.24, 2.45) is 0 Å². The molecule has 0 spiro atoms. The lowest BCUT2D eigenvalue weighted by Crippen LogP contribution is -2.08. The Morgan fingerprint density at radius 2 is 0.643 bits per heavy atom. The predicted molar refractivity (Wildman–Crippen MR) is 121 cm³/mol. The van der Waals surface area contributed by atoms with Gasteiger partial charge in [-0.1, -0.05) is 83.9 Å². The monoisotopic (exact) mass is 363 g/mol. The first-order valence-electron chi connectivity index (χ1n) is 9.68. The summed E-state index contributed by atoms with van der Waals surface area (Å²) < 4.78 is 0. The van der Waals surface area contributed by atoms with E-state index in [1.807, 2.05) is 0 Å². The highest BCUT2D eigenvalue weighted by Gasteiger charge is 2.06. The fourth-order valence-electron chi connectivity index (χ4n) is 3.40. The molecule has 0 N–H and O–H groups in total. The molecule has 0 radical (unpaired) electrons. The Bertz CT molecular complexity index is 952. The Hall–Kier alpha value is -3.32. The van der Waals surface area contributed by atoms with Crippen LogP contribution in [0.25, 0.3) is 22.3 Å². The molecule has 0 heterocycles. The van der Waals surface area contributed by atoms with Crippen molar-refractivity contribution in [2.75, 3.05) is 11.9 Å². The van der Waals surface area contributed by atoms with Crippen LogP contribution in [0.5, 0.6) is 0 Å². The van der Waals surface area contributed by atoms with Crippen LogP contribution in [0.2, 0.25) is 0 Å². The molecule has 0 unspecified atom stereocenters. The molecule has 0 fully saturated rings. The first kappa shape index (κ1) is 18.1. The zero-order valence-corrected chi connectivity index (χ0v) is 16.7. The van der Waals surface area contributed by atoms with Crippen molar-refractivity contribution in [1.29, 1.82) is 0 Å². The molecule has 0 aromatic heterocycles. The first-order valence-corrected chi connectivity index (χ1v) is 9.68. The van der Waals surface area contributed by atoms with Crippen LogP contribution in [0.4, 0.5) is 11.4 Å². The van der Waals surface area contributed by atoms with Crippen molar-refractivity contribution < 1.29 is 0 Å². The minimum Gasteiger partial charge on any atom is -0.345 e. The van der Waals surface area contributed by atoms with Crippen LogP contribution in [0, 0.1) is 13.8 Å². The number of rotatable bonds is 4. The van der Waals surface area contributed by atoms with Crippen LogP contribution < -0.4 is 4.90 Å². The molecule has 0 saturated heterocycles. The highest BCUT2D eigenvalue weighted by molar-refractivity contribution is 5.72. The van der Waals surface area contributed by atoms with Gasteiger partial charge in [-0.3, -0.25) is 0 Å². The molecular weight excluding hydrogens is 338 g/mol. The average molecular weight is 364 g/mol. The summed E-state index contributed by atoms with van der Waals surface area (Å²) >= 11 is 0. The number of benzene rings is 4. The van der Waals surface area contributed by atoms with Crippen molar-refractivity contribution >= 4 is 11.4 Å². The zero-order valence-electron chi connectivity index (χ0n) is 16.7. The largest absolute Gasteiger partial charge is 0.345 e. The minimum absolute atomic E-state index is 1.18. The van der Waals surface area contributed by atoms with E-state index in [1.165, 1.54) is 44.8 Å². The fraction of sp³-hybridized carbons (Fsp3) is 0.111. The Kier molecular flexibility index (Phi) is 4.99. The molecule has 0 aliphatic heterocycles. The van der Waals surface area contributed by atoms with Gasteiger partial charge in [0.2, 0.25) is 0 Å². The molecule has 4 aromatic carbocycles. The SMILES string of the molecule is Cc1ccc(-c2ccc(N(C)c3ccc(-c4ccc(C)cc4)cc3)cc2)cc1. The summed E-state index contributed by atoms with van der Waals surface area (Å²) in [6, 6.07) is 34.8. The van der Waals surface area contributed by atoms with E-state index >= 15 is 0 Å². The normalized spacial score (nSPS) is 10.7. The molecule has 1 nitrogen and oxygen atoms in total. The van der Waals surface area contributed by atoms with E-state index in [0.29, 0.717) is 0 Å². The maximum Gasteiger partial charge on any atom is 0.0408 e. The molecule has 0 aliphatic carbocycles. The van der Waals surface area contributed by atoms with Crippen LogP contribution >= 0.6 is 0 Å². The van der Waals surface area contributed by atoms with Gasteiger partial charge >= 0.3 is 0 Å². The van der Waals surface area contributed by atoms with Gasteiger partial charge in [-0.2, -0.15) is 0 Å². The number of anilines is 2. The predicted octanol–water partition coefficient (Wildman–Crippen LogP) is 7.41. The van der Waals surface area contributed by atoms with Crippen molar-refractivity contribution in [3.8, 4) is 22.3 Å².